The molecule has 1 aromatic carbocycles. The maximum atomic E-state index is 2.68. The van der Waals surface area contributed by atoms with Crippen LogP contribution in [-0.4, -0.2) is 24.5 Å². The molecule has 1 aliphatic heterocycles. The Bertz CT molecular complexity index is 367. The van der Waals surface area contributed by atoms with Gasteiger partial charge in [0.1, 0.15) is 0 Å². The number of likely N-dealkylation sites (tertiary alicyclic amines) is 1. The number of hydrogen-bond donors (Lipinski definition) is 0. The van der Waals surface area contributed by atoms with Gasteiger partial charge in [0, 0.05) is 0 Å². The van der Waals surface area contributed by atoms with Crippen molar-refractivity contribution in [2.75, 3.05) is 19.6 Å². The molecule has 1 aromatic rings. The van der Waals surface area contributed by atoms with Crippen LogP contribution in [0.5, 0.6) is 0 Å². The van der Waals surface area contributed by atoms with Crippen molar-refractivity contribution in [1.82, 2.24) is 4.90 Å². The van der Waals surface area contributed by atoms with Gasteiger partial charge in [-0.2, -0.15) is 0 Å². The van der Waals surface area contributed by atoms with Crippen molar-refractivity contribution in [2.45, 2.75) is 83.5 Å². The third-order valence-corrected chi connectivity index (χ3v) is 5.23. The highest BCUT2D eigenvalue weighted by atomic mass is 15.1. The first-order valence-electron chi connectivity index (χ1n) is 10.2. The van der Waals surface area contributed by atoms with Crippen LogP contribution in [0.25, 0.3) is 0 Å². The van der Waals surface area contributed by atoms with Gasteiger partial charge in [-0.05, 0) is 57.3 Å². The van der Waals surface area contributed by atoms with Crippen LogP contribution in [0.1, 0.15) is 82.6 Å². The summed E-state index contributed by atoms with van der Waals surface area (Å²) in [5.41, 5.74) is 1.50. The van der Waals surface area contributed by atoms with E-state index in [1.807, 2.05) is 0 Å². The van der Waals surface area contributed by atoms with E-state index in [4.69, 9.17) is 0 Å². The van der Waals surface area contributed by atoms with Gasteiger partial charge in [0.2, 0.25) is 0 Å². The second-order valence-corrected chi connectivity index (χ2v) is 7.32. The lowest BCUT2D eigenvalue weighted by molar-refractivity contribution is 0.224. The first-order valence-corrected chi connectivity index (χ1v) is 10.2. The molecule has 0 bridgehead atoms. The standard InChI is InChI=1S/C22H37N/c1(2-4-6-10-16-22-17-11-8-12-18-22)3-5-7-13-19-23-20-14-9-15-21-23/h8,11-12,17-18H,1-7,9-10,13-16,19-21H2. The van der Waals surface area contributed by atoms with Gasteiger partial charge in [0.25, 0.3) is 0 Å². The first kappa shape index (κ1) is 18.5. The second-order valence-electron chi connectivity index (χ2n) is 7.32. The Morgan fingerprint density at radius 2 is 1.17 bits per heavy atom. The van der Waals surface area contributed by atoms with Crippen molar-refractivity contribution in [3.05, 3.63) is 35.9 Å². The second kappa shape index (κ2) is 12.6. The molecule has 1 heteroatoms. The van der Waals surface area contributed by atoms with Gasteiger partial charge in [-0.1, -0.05) is 81.7 Å². The average Bonchev–Trinajstić information content (AvgIpc) is 2.61. The zero-order valence-electron chi connectivity index (χ0n) is 15.1. The summed E-state index contributed by atoms with van der Waals surface area (Å²) in [4.78, 5) is 2.68. The molecular weight excluding hydrogens is 278 g/mol. The summed E-state index contributed by atoms with van der Waals surface area (Å²) in [6, 6.07) is 10.9. The molecule has 2 rings (SSSR count). The van der Waals surface area contributed by atoms with Crippen LogP contribution in [0.2, 0.25) is 0 Å². The fraction of sp³-hybridized carbons (Fsp3) is 0.727. The predicted molar refractivity (Wildman–Crippen MR) is 102 cm³/mol. The smallest absolute Gasteiger partial charge is 0.00187 e. The third kappa shape index (κ3) is 9.15. The SMILES string of the molecule is c1ccc(CCCCCCCCCCCN2CCCCC2)cc1. The molecule has 130 valence electrons. The van der Waals surface area contributed by atoms with Gasteiger partial charge in [0.15, 0.2) is 0 Å². The van der Waals surface area contributed by atoms with E-state index in [9.17, 15) is 0 Å². The number of piperidine rings is 1. The molecule has 1 saturated heterocycles. The van der Waals surface area contributed by atoms with Crippen LogP contribution in [-0.2, 0) is 6.42 Å². The molecular formula is C22H37N. The summed E-state index contributed by atoms with van der Waals surface area (Å²) in [5.74, 6) is 0. The van der Waals surface area contributed by atoms with E-state index in [2.05, 4.69) is 35.2 Å². The molecule has 0 amide bonds. The summed E-state index contributed by atoms with van der Waals surface area (Å²) < 4.78 is 0. The number of unbranched alkanes of at least 4 members (excludes halogenated alkanes) is 8. The lowest BCUT2D eigenvalue weighted by Gasteiger charge is -2.26. The number of rotatable bonds is 12. The highest BCUT2D eigenvalue weighted by molar-refractivity contribution is 5.14. The Hall–Kier alpha value is -0.820. The summed E-state index contributed by atoms with van der Waals surface area (Å²) in [5, 5.41) is 0. The molecule has 0 N–H and O–H groups in total. The highest BCUT2D eigenvalue weighted by Gasteiger charge is 2.08. The fourth-order valence-electron chi connectivity index (χ4n) is 3.73. The lowest BCUT2D eigenvalue weighted by Crippen LogP contribution is -2.30. The monoisotopic (exact) mass is 315 g/mol. The molecule has 0 spiro atoms. The minimum Gasteiger partial charge on any atom is -0.303 e. The molecule has 1 fully saturated rings. The molecule has 1 nitrogen and oxygen atoms in total. The van der Waals surface area contributed by atoms with Gasteiger partial charge in [-0.25, -0.2) is 0 Å². The van der Waals surface area contributed by atoms with Crippen molar-refractivity contribution in [3.8, 4) is 0 Å². The van der Waals surface area contributed by atoms with Crippen molar-refractivity contribution in [2.24, 2.45) is 0 Å². The molecule has 1 heterocycles. The summed E-state index contributed by atoms with van der Waals surface area (Å²) in [7, 11) is 0. The number of nitrogens with zero attached hydrogens (tertiary/aromatic N) is 1. The highest BCUT2D eigenvalue weighted by Crippen LogP contribution is 2.13. The molecule has 1 aliphatic rings. The molecule has 0 aromatic heterocycles. The van der Waals surface area contributed by atoms with Gasteiger partial charge < -0.3 is 4.90 Å². The molecule has 23 heavy (non-hydrogen) atoms. The van der Waals surface area contributed by atoms with Crippen molar-refractivity contribution >= 4 is 0 Å². The van der Waals surface area contributed by atoms with E-state index in [-0.39, 0.29) is 0 Å². The number of hydrogen-bond acceptors (Lipinski definition) is 1. The van der Waals surface area contributed by atoms with E-state index in [0.717, 1.165) is 0 Å². The van der Waals surface area contributed by atoms with Crippen molar-refractivity contribution in [3.63, 3.8) is 0 Å². The molecule has 0 atom stereocenters. The average molecular weight is 316 g/mol. The van der Waals surface area contributed by atoms with E-state index in [1.54, 1.807) is 0 Å². The summed E-state index contributed by atoms with van der Waals surface area (Å²) >= 11 is 0. The zero-order valence-corrected chi connectivity index (χ0v) is 15.1. The normalized spacial score (nSPS) is 15.8. The Kier molecular flexibility index (Phi) is 10.1. The van der Waals surface area contributed by atoms with Crippen LogP contribution in [0, 0.1) is 0 Å². The quantitative estimate of drug-likeness (QED) is 0.413. The van der Waals surface area contributed by atoms with Crippen LogP contribution in [0.3, 0.4) is 0 Å². The fourth-order valence-corrected chi connectivity index (χ4v) is 3.73. The Balaban J connectivity index is 1.30. The number of aryl methyl sites for hydroxylation is 1. The Morgan fingerprint density at radius 1 is 0.609 bits per heavy atom. The van der Waals surface area contributed by atoms with Gasteiger partial charge in [0.05, 0.1) is 0 Å². The minimum absolute atomic E-state index is 1.26. The van der Waals surface area contributed by atoms with E-state index >= 15 is 0 Å². The molecule has 0 radical (unpaired) electrons. The largest absolute Gasteiger partial charge is 0.303 e. The van der Waals surface area contributed by atoms with E-state index in [0.29, 0.717) is 0 Å². The maximum Gasteiger partial charge on any atom is -0.00187 e. The first-order chi connectivity index (χ1) is 11.4. The zero-order chi connectivity index (χ0) is 16.0. The Labute approximate surface area is 144 Å². The van der Waals surface area contributed by atoms with Gasteiger partial charge in [-0.15, -0.1) is 0 Å². The topological polar surface area (TPSA) is 3.24 Å². The summed E-state index contributed by atoms with van der Waals surface area (Å²) in [6.45, 7) is 4.09. The van der Waals surface area contributed by atoms with Crippen molar-refractivity contribution in [1.29, 1.82) is 0 Å². The minimum atomic E-state index is 1.26. The van der Waals surface area contributed by atoms with E-state index in [1.165, 1.54) is 109 Å². The number of benzene rings is 1. The maximum absolute atomic E-state index is 2.68. The molecule has 0 aliphatic carbocycles. The van der Waals surface area contributed by atoms with E-state index < -0.39 is 0 Å². The van der Waals surface area contributed by atoms with Crippen LogP contribution < -0.4 is 0 Å². The predicted octanol–water partition coefficient (Wildman–Crippen LogP) is 6.23. The van der Waals surface area contributed by atoms with Crippen LogP contribution in [0.4, 0.5) is 0 Å². The molecule has 0 unspecified atom stereocenters. The third-order valence-electron chi connectivity index (χ3n) is 5.23. The summed E-state index contributed by atoms with van der Waals surface area (Å²) in [6.07, 6.45) is 18.5. The Morgan fingerprint density at radius 3 is 1.83 bits per heavy atom. The van der Waals surface area contributed by atoms with Gasteiger partial charge >= 0.3 is 0 Å². The molecule has 0 saturated carbocycles. The lowest BCUT2D eigenvalue weighted by atomic mass is 10.0. The van der Waals surface area contributed by atoms with Crippen molar-refractivity contribution < 1.29 is 0 Å². The van der Waals surface area contributed by atoms with Gasteiger partial charge in [-0.3, -0.25) is 0 Å². The van der Waals surface area contributed by atoms with Crippen LogP contribution in [0.15, 0.2) is 30.3 Å². The van der Waals surface area contributed by atoms with Crippen LogP contribution >= 0.6 is 0 Å².